The van der Waals surface area contributed by atoms with E-state index in [0.29, 0.717) is 18.2 Å². The van der Waals surface area contributed by atoms with Gasteiger partial charge in [0.1, 0.15) is 5.75 Å². The third kappa shape index (κ3) is 5.45. The van der Waals surface area contributed by atoms with Crippen molar-refractivity contribution in [3.05, 3.63) is 70.8 Å². The van der Waals surface area contributed by atoms with Crippen molar-refractivity contribution in [1.82, 2.24) is 4.98 Å². The number of carboxylic acid groups (broad SMARTS) is 1. The maximum absolute atomic E-state index is 11.2. The van der Waals surface area contributed by atoms with Gasteiger partial charge in [-0.15, -0.1) is 0 Å². The molecular formula is C22H19BrNNaO3. The van der Waals surface area contributed by atoms with Crippen LogP contribution in [-0.2, 0) is 0 Å². The number of carbonyl (C=O) groups excluding carboxylic acids is 1. The Hall–Kier alpha value is -1.66. The summed E-state index contributed by atoms with van der Waals surface area (Å²) in [5, 5.41) is 11.2. The number of pyridine rings is 1. The number of aromatic nitrogens is 1. The number of halogens is 1. The van der Waals surface area contributed by atoms with Crippen LogP contribution in [0.4, 0.5) is 0 Å². The zero-order valence-electron chi connectivity index (χ0n) is 16.1. The van der Waals surface area contributed by atoms with Crippen LogP contribution in [0.15, 0.2) is 65.1 Å². The van der Waals surface area contributed by atoms with Crippen molar-refractivity contribution >= 4 is 21.9 Å². The molecule has 0 bridgehead atoms. The van der Waals surface area contributed by atoms with Gasteiger partial charge in [-0.05, 0) is 41.8 Å². The van der Waals surface area contributed by atoms with Crippen molar-refractivity contribution in [3.8, 4) is 28.1 Å². The number of carbonyl (C=O) groups is 1. The monoisotopic (exact) mass is 447 g/mol. The zero-order valence-corrected chi connectivity index (χ0v) is 19.7. The maximum Gasteiger partial charge on any atom is 1.00 e. The van der Waals surface area contributed by atoms with Gasteiger partial charge in [0.25, 0.3) is 0 Å². The molecule has 4 nitrogen and oxygen atoms in total. The number of nitrogens with zero attached hydrogens (tertiary/aromatic N) is 1. The Morgan fingerprint density at radius 2 is 1.75 bits per heavy atom. The maximum atomic E-state index is 11.2. The van der Waals surface area contributed by atoms with Gasteiger partial charge in [-0.25, -0.2) is 4.98 Å². The minimum absolute atomic E-state index is 0. The van der Waals surface area contributed by atoms with E-state index in [1.54, 1.807) is 12.1 Å². The number of benzene rings is 2. The van der Waals surface area contributed by atoms with Crippen LogP contribution in [0.5, 0.6) is 5.75 Å². The summed E-state index contributed by atoms with van der Waals surface area (Å²) >= 11 is 3.53. The summed E-state index contributed by atoms with van der Waals surface area (Å²) in [5.41, 5.74) is 3.14. The molecule has 0 aliphatic heterocycles. The number of carboxylic acids is 1. The molecule has 28 heavy (non-hydrogen) atoms. The van der Waals surface area contributed by atoms with Gasteiger partial charge in [0, 0.05) is 15.6 Å². The van der Waals surface area contributed by atoms with Gasteiger partial charge in [-0.1, -0.05) is 60.1 Å². The van der Waals surface area contributed by atoms with E-state index >= 15 is 0 Å². The fourth-order valence-corrected chi connectivity index (χ4v) is 3.10. The van der Waals surface area contributed by atoms with E-state index in [2.05, 4.69) is 34.8 Å². The summed E-state index contributed by atoms with van der Waals surface area (Å²) in [6.07, 6.45) is 0. The molecule has 3 rings (SSSR count). The van der Waals surface area contributed by atoms with Crippen LogP contribution in [-0.4, -0.2) is 17.6 Å². The zero-order chi connectivity index (χ0) is 19.4. The SMILES string of the molecule is CC(C)COc1ccc(Br)cc1-c1ccccc1-c1cccc(C(=O)[O-])n1.[Na+]. The summed E-state index contributed by atoms with van der Waals surface area (Å²) in [5.74, 6) is -0.119. The van der Waals surface area contributed by atoms with Crippen molar-refractivity contribution in [1.29, 1.82) is 0 Å². The smallest absolute Gasteiger partial charge is 0.543 e. The second-order valence-electron chi connectivity index (χ2n) is 6.59. The van der Waals surface area contributed by atoms with Crippen molar-refractivity contribution < 1.29 is 44.2 Å². The van der Waals surface area contributed by atoms with E-state index in [0.717, 1.165) is 26.9 Å². The first-order valence-corrected chi connectivity index (χ1v) is 9.45. The molecule has 0 spiro atoms. The van der Waals surface area contributed by atoms with Gasteiger partial charge in [-0.3, -0.25) is 0 Å². The molecule has 0 saturated heterocycles. The van der Waals surface area contributed by atoms with Crippen molar-refractivity contribution in [2.24, 2.45) is 5.92 Å². The number of hydrogen-bond acceptors (Lipinski definition) is 4. The molecule has 0 unspecified atom stereocenters. The van der Waals surface area contributed by atoms with Crippen LogP contribution in [0.3, 0.4) is 0 Å². The Morgan fingerprint density at radius 1 is 1.04 bits per heavy atom. The molecule has 0 atom stereocenters. The second-order valence-corrected chi connectivity index (χ2v) is 7.50. The van der Waals surface area contributed by atoms with Gasteiger partial charge in [0.05, 0.1) is 24.0 Å². The molecule has 0 saturated carbocycles. The third-order valence-electron chi connectivity index (χ3n) is 3.97. The minimum atomic E-state index is -1.29. The van der Waals surface area contributed by atoms with Crippen LogP contribution in [0.2, 0.25) is 0 Å². The fourth-order valence-electron chi connectivity index (χ4n) is 2.73. The van der Waals surface area contributed by atoms with Gasteiger partial charge in [-0.2, -0.15) is 0 Å². The number of aromatic carboxylic acids is 1. The van der Waals surface area contributed by atoms with Crippen LogP contribution in [0.25, 0.3) is 22.4 Å². The van der Waals surface area contributed by atoms with E-state index in [4.69, 9.17) is 4.74 Å². The van der Waals surface area contributed by atoms with E-state index in [1.807, 2.05) is 42.5 Å². The molecule has 2 aromatic carbocycles. The van der Waals surface area contributed by atoms with Crippen molar-refractivity contribution in [2.45, 2.75) is 13.8 Å². The summed E-state index contributed by atoms with van der Waals surface area (Å²) < 4.78 is 6.95. The average molecular weight is 448 g/mol. The Balaban J connectivity index is 0.00000280. The molecule has 0 aliphatic carbocycles. The summed E-state index contributed by atoms with van der Waals surface area (Å²) in [6.45, 7) is 4.80. The molecule has 6 heteroatoms. The Bertz CT molecular complexity index is 976. The topological polar surface area (TPSA) is 62.2 Å². The van der Waals surface area contributed by atoms with Crippen molar-refractivity contribution in [2.75, 3.05) is 6.61 Å². The Kier molecular flexibility index (Phi) is 8.25. The van der Waals surface area contributed by atoms with E-state index in [-0.39, 0.29) is 35.3 Å². The molecule has 0 radical (unpaired) electrons. The largest absolute Gasteiger partial charge is 1.00 e. The quantitative estimate of drug-likeness (QED) is 0.538. The molecule has 138 valence electrons. The summed E-state index contributed by atoms with van der Waals surface area (Å²) in [4.78, 5) is 15.4. The number of hydrogen-bond donors (Lipinski definition) is 0. The number of rotatable bonds is 6. The standard InChI is InChI=1S/C22H20BrNO3.Na/c1-14(2)13-27-21-11-10-15(23)12-18(21)16-6-3-4-7-17(16)19-8-5-9-20(24-19)22(25)26;/h3-12,14H,13H2,1-2H3,(H,25,26);/q;+1/p-1. The van der Waals surface area contributed by atoms with Crippen LogP contribution in [0, 0.1) is 5.92 Å². The molecule has 3 aromatic rings. The fraction of sp³-hybridized carbons (Fsp3) is 0.182. The molecule has 1 aromatic heterocycles. The second kappa shape index (κ2) is 10.2. The first-order valence-electron chi connectivity index (χ1n) is 8.66. The van der Waals surface area contributed by atoms with E-state index in [9.17, 15) is 9.90 Å². The predicted octanol–water partition coefficient (Wildman–Crippen LogP) is 1.58. The molecule has 0 amide bonds. The molecule has 0 N–H and O–H groups in total. The number of ether oxygens (including phenoxy) is 1. The van der Waals surface area contributed by atoms with Crippen LogP contribution < -0.4 is 39.4 Å². The van der Waals surface area contributed by atoms with Crippen LogP contribution in [0.1, 0.15) is 24.3 Å². The Labute approximate surface area is 195 Å². The first-order chi connectivity index (χ1) is 13.0. The molecule has 1 heterocycles. The third-order valence-corrected chi connectivity index (χ3v) is 4.46. The summed E-state index contributed by atoms with van der Waals surface area (Å²) in [7, 11) is 0. The predicted molar refractivity (Wildman–Crippen MR) is 107 cm³/mol. The molecular weight excluding hydrogens is 429 g/mol. The first kappa shape index (κ1) is 22.6. The average Bonchev–Trinajstić information content (AvgIpc) is 2.67. The summed E-state index contributed by atoms with van der Waals surface area (Å²) in [6, 6.07) is 18.5. The van der Waals surface area contributed by atoms with E-state index in [1.165, 1.54) is 6.07 Å². The van der Waals surface area contributed by atoms with Crippen molar-refractivity contribution in [3.63, 3.8) is 0 Å². The van der Waals surface area contributed by atoms with Gasteiger partial charge >= 0.3 is 29.6 Å². The van der Waals surface area contributed by atoms with Gasteiger partial charge < -0.3 is 14.6 Å². The minimum Gasteiger partial charge on any atom is -0.543 e. The van der Waals surface area contributed by atoms with Gasteiger partial charge in [0.2, 0.25) is 0 Å². The normalized spacial score (nSPS) is 10.4. The van der Waals surface area contributed by atoms with E-state index < -0.39 is 5.97 Å². The molecule has 0 aliphatic rings. The molecule has 0 fully saturated rings. The van der Waals surface area contributed by atoms with Crippen LogP contribution >= 0.6 is 15.9 Å². The van der Waals surface area contributed by atoms with Gasteiger partial charge in [0.15, 0.2) is 0 Å². The Morgan fingerprint density at radius 3 is 2.43 bits per heavy atom.